The number of aromatic nitrogens is 2. The Labute approximate surface area is 98.9 Å². The Balaban J connectivity index is 2.27. The second kappa shape index (κ2) is 4.25. The number of nitrogens with one attached hydrogen (secondary N) is 1. The highest BCUT2D eigenvalue weighted by atomic mass is 35.5. The molecule has 1 aromatic rings. The van der Waals surface area contributed by atoms with E-state index in [-0.39, 0.29) is 12.1 Å². The molecular weight excluding hydrogens is 228 g/mol. The number of aryl methyl sites for hydroxylation is 2. The van der Waals surface area contributed by atoms with Gasteiger partial charge in [-0.2, -0.15) is 0 Å². The van der Waals surface area contributed by atoms with E-state index < -0.39 is 0 Å². The maximum atomic E-state index is 7.68. The van der Waals surface area contributed by atoms with Crippen molar-refractivity contribution < 1.29 is 4.74 Å². The van der Waals surface area contributed by atoms with Crippen LogP contribution in [-0.2, 0) is 4.74 Å². The van der Waals surface area contributed by atoms with Gasteiger partial charge < -0.3 is 4.74 Å². The van der Waals surface area contributed by atoms with Crippen LogP contribution >= 0.6 is 11.6 Å². The van der Waals surface area contributed by atoms with Crippen LogP contribution in [0, 0.1) is 19.3 Å². The molecule has 1 fully saturated rings. The Morgan fingerprint density at radius 1 is 1.50 bits per heavy atom. The zero-order valence-electron chi connectivity index (χ0n) is 9.20. The molecule has 16 heavy (non-hydrogen) atoms. The summed E-state index contributed by atoms with van der Waals surface area (Å²) in [5.41, 5.74) is 1.76. The van der Waals surface area contributed by atoms with Gasteiger partial charge in [0.15, 0.2) is 0 Å². The van der Waals surface area contributed by atoms with E-state index in [4.69, 9.17) is 21.7 Å². The lowest BCUT2D eigenvalue weighted by molar-refractivity contribution is 0.253. The fraction of sp³-hybridized carbons (Fsp3) is 0.500. The number of amidine groups is 1. The molecule has 5 nitrogen and oxygen atoms in total. The quantitative estimate of drug-likeness (QED) is 0.796. The Kier molecular flexibility index (Phi) is 2.96. The molecule has 2 heterocycles. The first-order valence-corrected chi connectivity index (χ1v) is 5.54. The average Bonchev–Trinajstić information content (AvgIpc) is 2.58. The number of hydrogen-bond donors (Lipinski definition) is 1. The third-order valence-electron chi connectivity index (χ3n) is 2.29. The number of halogens is 1. The van der Waals surface area contributed by atoms with Gasteiger partial charge in [-0.1, -0.05) is 0 Å². The van der Waals surface area contributed by atoms with Crippen LogP contribution in [0.1, 0.15) is 11.4 Å². The number of rotatable bonds is 2. The van der Waals surface area contributed by atoms with Gasteiger partial charge in [0, 0.05) is 11.4 Å². The summed E-state index contributed by atoms with van der Waals surface area (Å²) in [7, 11) is 0. The summed E-state index contributed by atoms with van der Waals surface area (Å²) in [6.07, 6.45) is -0.154. The van der Waals surface area contributed by atoms with Crippen LogP contribution in [0.15, 0.2) is 6.07 Å². The molecule has 6 heteroatoms. The maximum Gasteiger partial charge on any atom is 0.291 e. The van der Waals surface area contributed by atoms with Crippen LogP contribution in [-0.4, -0.2) is 34.5 Å². The van der Waals surface area contributed by atoms with Gasteiger partial charge >= 0.3 is 0 Å². The third kappa shape index (κ3) is 2.09. The highest BCUT2D eigenvalue weighted by Gasteiger charge is 2.30. The molecular formula is C10H13ClN4O. The van der Waals surface area contributed by atoms with Crippen molar-refractivity contribution in [2.45, 2.75) is 20.0 Å². The molecule has 0 bridgehead atoms. The van der Waals surface area contributed by atoms with Gasteiger partial charge in [0.1, 0.15) is 6.10 Å². The fourth-order valence-corrected chi connectivity index (χ4v) is 1.79. The molecule has 2 rings (SSSR count). The molecule has 1 atom stereocenters. The highest BCUT2D eigenvalue weighted by Crippen LogP contribution is 2.18. The Morgan fingerprint density at radius 3 is 2.62 bits per heavy atom. The van der Waals surface area contributed by atoms with Crippen LogP contribution in [0.5, 0.6) is 0 Å². The molecule has 0 unspecified atom stereocenters. The largest absolute Gasteiger partial charge is 0.459 e. The predicted molar refractivity (Wildman–Crippen MR) is 62.2 cm³/mol. The van der Waals surface area contributed by atoms with Gasteiger partial charge in [-0.05, 0) is 19.9 Å². The van der Waals surface area contributed by atoms with Crippen LogP contribution in [0.25, 0.3) is 0 Å². The van der Waals surface area contributed by atoms with Crippen molar-refractivity contribution in [3.8, 4) is 0 Å². The Bertz CT molecular complexity index is 403. The van der Waals surface area contributed by atoms with Gasteiger partial charge in [-0.25, -0.2) is 9.97 Å². The van der Waals surface area contributed by atoms with E-state index in [2.05, 4.69) is 9.97 Å². The van der Waals surface area contributed by atoms with Gasteiger partial charge in [0.05, 0.1) is 12.4 Å². The van der Waals surface area contributed by atoms with E-state index >= 15 is 0 Å². The van der Waals surface area contributed by atoms with Crippen LogP contribution in [0.3, 0.4) is 0 Å². The molecule has 1 saturated heterocycles. The predicted octanol–water partition coefficient (Wildman–Crippen LogP) is 1.47. The number of nitrogens with zero attached hydrogens (tertiary/aromatic N) is 3. The van der Waals surface area contributed by atoms with Crippen LogP contribution in [0.2, 0.25) is 0 Å². The maximum absolute atomic E-state index is 7.68. The molecule has 1 aromatic heterocycles. The second-order valence-corrected chi connectivity index (χ2v) is 4.07. The van der Waals surface area contributed by atoms with E-state index in [0.29, 0.717) is 18.4 Å². The summed E-state index contributed by atoms with van der Waals surface area (Å²) >= 11 is 5.70. The fourth-order valence-electron chi connectivity index (χ4n) is 1.63. The molecule has 1 aliphatic heterocycles. The van der Waals surface area contributed by atoms with E-state index in [9.17, 15) is 0 Å². The monoisotopic (exact) mass is 240 g/mol. The second-order valence-electron chi connectivity index (χ2n) is 3.76. The number of ether oxygens (including phenoxy) is 1. The summed E-state index contributed by atoms with van der Waals surface area (Å²) < 4.78 is 5.25. The van der Waals surface area contributed by atoms with Crippen molar-refractivity contribution in [2.24, 2.45) is 0 Å². The van der Waals surface area contributed by atoms with E-state index in [0.717, 1.165) is 11.4 Å². The lowest BCUT2D eigenvalue weighted by atomic mass is 10.3. The molecule has 0 aromatic carbocycles. The smallest absolute Gasteiger partial charge is 0.291 e. The van der Waals surface area contributed by atoms with Crippen molar-refractivity contribution in [3.63, 3.8) is 0 Å². The minimum absolute atomic E-state index is 0.0654. The summed E-state index contributed by atoms with van der Waals surface area (Å²) in [6, 6.07) is 1.96. The number of anilines is 1. The molecule has 1 N–H and O–H groups in total. The molecule has 0 spiro atoms. The van der Waals surface area contributed by atoms with Crippen molar-refractivity contribution in [3.05, 3.63) is 17.5 Å². The van der Waals surface area contributed by atoms with E-state index in [1.54, 1.807) is 4.90 Å². The van der Waals surface area contributed by atoms with E-state index in [1.165, 1.54) is 0 Å². The summed E-state index contributed by atoms with van der Waals surface area (Å²) in [6.45, 7) is 4.33. The molecule has 0 amide bonds. The molecule has 0 aliphatic carbocycles. The van der Waals surface area contributed by atoms with Gasteiger partial charge in [0.2, 0.25) is 5.95 Å². The normalized spacial score (nSPS) is 20.1. The zero-order valence-corrected chi connectivity index (χ0v) is 9.95. The number of alkyl halides is 1. The Morgan fingerprint density at radius 2 is 2.12 bits per heavy atom. The molecule has 1 aliphatic rings. The lowest BCUT2D eigenvalue weighted by Crippen LogP contribution is -2.27. The third-order valence-corrected chi connectivity index (χ3v) is 2.64. The molecule has 0 saturated carbocycles. The van der Waals surface area contributed by atoms with E-state index in [1.807, 2.05) is 19.9 Å². The van der Waals surface area contributed by atoms with Crippen molar-refractivity contribution >= 4 is 23.6 Å². The average molecular weight is 241 g/mol. The van der Waals surface area contributed by atoms with Gasteiger partial charge in [-0.15, -0.1) is 11.6 Å². The standard InChI is InChI=1S/C10H13ClN4O/c1-6-3-7(2)14-10(13-6)15-5-8(4-11)16-9(15)12/h3,8,12H,4-5H2,1-2H3/t8-/m1/s1. The zero-order chi connectivity index (χ0) is 11.7. The van der Waals surface area contributed by atoms with Crippen molar-refractivity contribution in [1.29, 1.82) is 5.41 Å². The molecule has 0 radical (unpaired) electrons. The summed E-state index contributed by atoms with van der Waals surface area (Å²) in [5.74, 6) is 0.874. The minimum Gasteiger partial charge on any atom is -0.459 e. The van der Waals surface area contributed by atoms with Gasteiger partial charge in [-0.3, -0.25) is 10.3 Å². The van der Waals surface area contributed by atoms with Crippen molar-refractivity contribution in [1.82, 2.24) is 9.97 Å². The van der Waals surface area contributed by atoms with Gasteiger partial charge in [0.25, 0.3) is 6.02 Å². The van der Waals surface area contributed by atoms with Crippen LogP contribution < -0.4 is 4.90 Å². The topological polar surface area (TPSA) is 62.1 Å². The first kappa shape index (κ1) is 11.1. The highest BCUT2D eigenvalue weighted by molar-refractivity contribution is 6.18. The minimum atomic E-state index is -0.154. The van der Waals surface area contributed by atoms with Crippen molar-refractivity contribution in [2.75, 3.05) is 17.3 Å². The summed E-state index contributed by atoms with van der Waals surface area (Å²) in [4.78, 5) is 10.2. The first-order valence-electron chi connectivity index (χ1n) is 5.01. The Hall–Kier alpha value is -1.36. The first-order chi connectivity index (χ1) is 7.60. The van der Waals surface area contributed by atoms with Crippen LogP contribution in [0.4, 0.5) is 5.95 Å². The summed E-state index contributed by atoms with van der Waals surface area (Å²) in [5, 5.41) is 7.68. The lowest BCUT2D eigenvalue weighted by Gasteiger charge is -2.13. The SMILES string of the molecule is Cc1cc(C)nc(N2C[C@@H](CCl)OC2=N)n1. The molecule has 86 valence electrons. The number of hydrogen-bond acceptors (Lipinski definition) is 4.